The Bertz CT molecular complexity index is 983. The maximum absolute atomic E-state index is 5.65. The van der Waals surface area contributed by atoms with Crippen LogP contribution in [0.2, 0.25) is 0 Å². The molecule has 7 heteroatoms. The number of hydrogen-bond acceptors (Lipinski definition) is 5. The Kier molecular flexibility index (Phi) is 6.47. The SMILES string of the molecule is CN(Cc1ccccc1N1CCCCC1)Cn1nc(Cc2cccs2)n(C)c1=S. The highest BCUT2D eigenvalue weighted by Crippen LogP contribution is 2.25. The molecule has 0 bridgehead atoms. The molecule has 154 valence electrons. The van der Waals surface area contributed by atoms with Gasteiger partial charge < -0.3 is 9.47 Å². The van der Waals surface area contributed by atoms with Gasteiger partial charge in [-0.1, -0.05) is 24.3 Å². The first kappa shape index (κ1) is 20.3. The number of thiophene rings is 1. The average molecular weight is 428 g/mol. The van der Waals surface area contributed by atoms with Crippen molar-refractivity contribution in [2.45, 2.75) is 38.9 Å². The molecule has 4 rings (SSSR count). The summed E-state index contributed by atoms with van der Waals surface area (Å²) in [6, 6.07) is 13.0. The van der Waals surface area contributed by atoms with Gasteiger partial charge in [0, 0.05) is 43.7 Å². The van der Waals surface area contributed by atoms with Crippen LogP contribution in [-0.2, 0) is 26.7 Å². The van der Waals surface area contributed by atoms with Gasteiger partial charge in [0.15, 0.2) is 4.77 Å². The van der Waals surface area contributed by atoms with Gasteiger partial charge in [-0.3, -0.25) is 4.90 Å². The lowest BCUT2D eigenvalue weighted by molar-refractivity contribution is 0.243. The third-order valence-electron chi connectivity index (χ3n) is 5.55. The topological polar surface area (TPSA) is 29.2 Å². The van der Waals surface area contributed by atoms with Crippen molar-refractivity contribution in [1.29, 1.82) is 0 Å². The second-order valence-electron chi connectivity index (χ2n) is 7.85. The molecule has 29 heavy (non-hydrogen) atoms. The van der Waals surface area contributed by atoms with Gasteiger partial charge in [0.05, 0.1) is 6.67 Å². The van der Waals surface area contributed by atoms with Crippen LogP contribution in [-0.4, -0.2) is 39.4 Å². The largest absolute Gasteiger partial charge is 0.371 e. The van der Waals surface area contributed by atoms with Crippen LogP contribution in [0.1, 0.15) is 35.5 Å². The molecule has 0 radical (unpaired) electrons. The molecule has 0 N–H and O–H groups in total. The summed E-state index contributed by atoms with van der Waals surface area (Å²) >= 11 is 7.41. The van der Waals surface area contributed by atoms with Crippen LogP contribution in [0.3, 0.4) is 0 Å². The summed E-state index contributed by atoms with van der Waals surface area (Å²) in [5.74, 6) is 1.01. The Balaban J connectivity index is 1.47. The first-order chi connectivity index (χ1) is 14.1. The Labute approximate surface area is 182 Å². The van der Waals surface area contributed by atoms with E-state index in [0.717, 1.165) is 36.7 Å². The number of anilines is 1. The van der Waals surface area contributed by atoms with Crippen molar-refractivity contribution in [3.8, 4) is 0 Å². The third kappa shape index (κ3) is 4.79. The van der Waals surface area contributed by atoms with Crippen molar-refractivity contribution in [1.82, 2.24) is 19.2 Å². The minimum Gasteiger partial charge on any atom is -0.371 e. The highest BCUT2D eigenvalue weighted by Gasteiger charge is 2.16. The molecule has 3 heterocycles. The molecule has 0 spiro atoms. The zero-order chi connectivity index (χ0) is 20.2. The number of rotatable bonds is 7. The molecule has 0 atom stereocenters. The van der Waals surface area contributed by atoms with E-state index in [0.29, 0.717) is 6.67 Å². The van der Waals surface area contributed by atoms with Crippen molar-refractivity contribution in [2.24, 2.45) is 7.05 Å². The summed E-state index contributed by atoms with van der Waals surface area (Å²) < 4.78 is 4.75. The Hall–Kier alpha value is -1.96. The minimum atomic E-state index is 0.686. The summed E-state index contributed by atoms with van der Waals surface area (Å²) in [6.07, 6.45) is 4.76. The third-order valence-corrected chi connectivity index (χ3v) is 6.91. The van der Waals surface area contributed by atoms with Gasteiger partial charge in [-0.05, 0) is 61.6 Å². The zero-order valence-electron chi connectivity index (χ0n) is 17.3. The van der Waals surface area contributed by atoms with Gasteiger partial charge in [0.25, 0.3) is 0 Å². The zero-order valence-corrected chi connectivity index (χ0v) is 18.9. The Morgan fingerprint density at radius 1 is 1.10 bits per heavy atom. The Morgan fingerprint density at radius 3 is 2.66 bits per heavy atom. The lowest BCUT2D eigenvalue weighted by Crippen LogP contribution is -2.31. The standard InChI is InChI=1S/C22H29N5S2/c1-24(16-18-9-4-5-11-20(18)26-12-6-3-7-13-26)17-27-22(28)25(2)21(23-27)15-19-10-8-14-29-19/h4-5,8-11,14H,3,6-7,12-13,15-17H2,1-2H3. The van der Waals surface area contributed by atoms with E-state index in [9.17, 15) is 0 Å². The lowest BCUT2D eigenvalue weighted by Gasteiger charge is -2.31. The van der Waals surface area contributed by atoms with E-state index in [1.807, 2.05) is 16.3 Å². The van der Waals surface area contributed by atoms with Crippen molar-refractivity contribution in [2.75, 3.05) is 25.0 Å². The summed E-state index contributed by atoms with van der Waals surface area (Å²) in [4.78, 5) is 6.14. The Morgan fingerprint density at radius 2 is 1.90 bits per heavy atom. The van der Waals surface area contributed by atoms with Gasteiger partial charge in [-0.15, -0.1) is 11.3 Å². The summed E-state index contributed by atoms with van der Waals surface area (Å²) in [7, 11) is 4.16. The second-order valence-corrected chi connectivity index (χ2v) is 9.24. The first-order valence-electron chi connectivity index (χ1n) is 10.3. The van der Waals surface area contributed by atoms with Crippen molar-refractivity contribution in [3.63, 3.8) is 0 Å². The molecule has 5 nitrogen and oxygen atoms in total. The molecule has 0 aliphatic carbocycles. The van der Waals surface area contributed by atoms with Crippen LogP contribution < -0.4 is 4.90 Å². The molecule has 2 aromatic heterocycles. The first-order valence-corrected chi connectivity index (χ1v) is 11.6. The van der Waals surface area contributed by atoms with E-state index in [4.69, 9.17) is 17.3 Å². The molecule has 0 amide bonds. The van der Waals surface area contributed by atoms with E-state index < -0.39 is 0 Å². The van der Waals surface area contributed by atoms with E-state index in [1.54, 1.807) is 11.3 Å². The lowest BCUT2D eigenvalue weighted by atomic mass is 10.1. The highest BCUT2D eigenvalue weighted by molar-refractivity contribution is 7.71. The maximum Gasteiger partial charge on any atom is 0.198 e. The fraction of sp³-hybridized carbons (Fsp3) is 0.455. The smallest absolute Gasteiger partial charge is 0.198 e. The summed E-state index contributed by atoms with van der Waals surface area (Å²) in [6.45, 7) is 3.90. The van der Waals surface area contributed by atoms with Gasteiger partial charge in [-0.2, -0.15) is 5.10 Å². The number of para-hydroxylation sites is 1. The average Bonchev–Trinajstić information content (AvgIpc) is 3.34. The van der Waals surface area contributed by atoms with Gasteiger partial charge in [0.2, 0.25) is 0 Å². The maximum atomic E-state index is 5.65. The molecular formula is C22H29N5S2. The summed E-state index contributed by atoms with van der Waals surface area (Å²) in [5, 5.41) is 6.91. The van der Waals surface area contributed by atoms with Gasteiger partial charge in [0.1, 0.15) is 5.82 Å². The molecule has 1 fully saturated rings. The normalized spacial score (nSPS) is 14.7. The fourth-order valence-corrected chi connectivity index (χ4v) is 4.91. The molecule has 3 aromatic rings. The quantitative estimate of drug-likeness (QED) is 0.512. The fourth-order valence-electron chi connectivity index (χ4n) is 4.01. The molecule has 1 aliphatic rings. The molecular weight excluding hydrogens is 398 g/mol. The summed E-state index contributed by atoms with van der Waals surface area (Å²) in [5.41, 5.74) is 2.75. The van der Waals surface area contributed by atoms with E-state index in [1.165, 1.54) is 35.4 Å². The van der Waals surface area contributed by atoms with E-state index in [-0.39, 0.29) is 0 Å². The van der Waals surface area contributed by atoms with Gasteiger partial charge in [-0.25, -0.2) is 4.68 Å². The molecule has 0 saturated carbocycles. The predicted octanol–water partition coefficient (Wildman–Crippen LogP) is 4.68. The van der Waals surface area contributed by atoms with Crippen molar-refractivity contribution >= 4 is 29.2 Å². The van der Waals surface area contributed by atoms with Crippen LogP contribution in [0.4, 0.5) is 5.69 Å². The number of aromatic nitrogens is 3. The number of hydrogen-bond donors (Lipinski definition) is 0. The highest BCUT2D eigenvalue weighted by atomic mass is 32.1. The number of benzene rings is 1. The second kappa shape index (κ2) is 9.24. The predicted molar refractivity (Wildman–Crippen MR) is 123 cm³/mol. The van der Waals surface area contributed by atoms with E-state index in [2.05, 4.69) is 58.6 Å². The van der Waals surface area contributed by atoms with E-state index >= 15 is 0 Å². The molecule has 0 unspecified atom stereocenters. The van der Waals surface area contributed by atoms with Gasteiger partial charge >= 0.3 is 0 Å². The molecule has 1 saturated heterocycles. The van der Waals surface area contributed by atoms with Crippen LogP contribution in [0.15, 0.2) is 41.8 Å². The number of nitrogens with zero attached hydrogens (tertiary/aromatic N) is 5. The van der Waals surface area contributed by atoms with Crippen molar-refractivity contribution in [3.05, 3.63) is 62.8 Å². The monoisotopic (exact) mass is 427 g/mol. The van der Waals surface area contributed by atoms with Crippen LogP contribution in [0, 0.1) is 4.77 Å². The van der Waals surface area contributed by atoms with Crippen LogP contribution in [0.5, 0.6) is 0 Å². The van der Waals surface area contributed by atoms with Crippen LogP contribution >= 0.6 is 23.6 Å². The van der Waals surface area contributed by atoms with Crippen molar-refractivity contribution < 1.29 is 0 Å². The molecule has 1 aliphatic heterocycles. The molecule has 1 aromatic carbocycles. The minimum absolute atomic E-state index is 0.686. The number of piperidine rings is 1. The van der Waals surface area contributed by atoms with Crippen LogP contribution in [0.25, 0.3) is 0 Å².